The van der Waals surface area contributed by atoms with Gasteiger partial charge in [-0.25, -0.2) is 4.98 Å². The first-order valence-corrected chi connectivity index (χ1v) is 25.9. The summed E-state index contributed by atoms with van der Waals surface area (Å²) >= 11 is 0. The Kier molecular flexibility index (Phi) is 9.15. The summed E-state index contributed by atoms with van der Waals surface area (Å²) in [5, 5.41) is 7.02. The molecule has 0 unspecified atom stereocenters. The number of rotatable bonds is 7. The predicted molar refractivity (Wildman–Crippen MR) is 311 cm³/mol. The van der Waals surface area contributed by atoms with Gasteiger partial charge in [-0.1, -0.05) is 200 Å². The molecule has 0 saturated heterocycles. The van der Waals surface area contributed by atoms with Crippen molar-refractivity contribution in [3.63, 3.8) is 0 Å². The van der Waals surface area contributed by atoms with E-state index in [1.807, 2.05) is 36.4 Å². The van der Waals surface area contributed by atoms with E-state index >= 15 is 0 Å². The predicted octanol–water partition coefficient (Wildman–Crippen LogP) is 16.9. The van der Waals surface area contributed by atoms with E-state index in [4.69, 9.17) is 15.0 Å². The molecule has 76 heavy (non-hydrogen) atoms. The van der Waals surface area contributed by atoms with E-state index in [0.717, 1.165) is 66.4 Å². The number of hydrogen-bond acceptors (Lipinski definition) is 3. The van der Waals surface area contributed by atoms with Crippen LogP contribution in [0, 0.1) is 0 Å². The van der Waals surface area contributed by atoms with Gasteiger partial charge in [-0.2, -0.15) is 9.97 Å². The first-order chi connectivity index (χ1) is 37.7. The van der Waals surface area contributed by atoms with E-state index in [-0.39, 0.29) is 0 Å². The molecule has 0 amide bonds. The van der Waals surface area contributed by atoms with Crippen LogP contribution in [0.3, 0.4) is 0 Å². The van der Waals surface area contributed by atoms with Gasteiger partial charge < -0.3 is 9.13 Å². The zero-order valence-corrected chi connectivity index (χ0v) is 41.1. The number of para-hydroxylation sites is 5. The molecule has 6 nitrogen and oxygen atoms in total. The minimum absolute atomic E-state index is 0.555. The Labute approximate surface area is 437 Å². The van der Waals surface area contributed by atoms with Crippen molar-refractivity contribution in [2.45, 2.75) is 5.41 Å². The SMILES string of the molecule is c1ccc(-c2nc(-c3ccccc3)nc(-n3c4ccccc4c4ccc5c(c43)C(c3ccc4c(c3)c3ccccc3n4-c3ccccc3)(c3ccc4c(c3)c3ccccc3n4-c3ccccc3)c3ccccc3-5)n2)cc1. The highest BCUT2D eigenvalue weighted by Gasteiger charge is 2.49. The zero-order valence-electron chi connectivity index (χ0n) is 41.1. The van der Waals surface area contributed by atoms with Crippen molar-refractivity contribution < 1.29 is 0 Å². The lowest BCUT2D eigenvalue weighted by molar-refractivity contribution is 0.773. The van der Waals surface area contributed by atoms with Crippen LogP contribution in [0.2, 0.25) is 0 Å². The molecular weight excluding hydrogens is 925 g/mol. The van der Waals surface area contributed by atoms with E-state index in [1.165, 1.54) is 54.9 Å². The van der Waals surface area contributed by atoms with Crippen LogP contribution in [0.25, 0.3) is 117 Å². The van der Waals surface area contributed by atoms with Gasteiger partial charge in [-0.3, -0.25) is 4.57 Å². The van der Waals surface area contributed by atoms with Crippen LogP contribution in [0.15, 0.2) is 267 Å². The summed E-state index contributed by atoms with van der Waals surface area (Å²) in [5.74, 6) is 1.77. The lowest BCUT2D eigenvalue weighted by Crippen LogP contribution is -2.29. The Morgan fingerprint density at radius 3 is 1.24 bits per heavy atom. The van der Waals surface area contributed by atoms with Gasteiger partial charge in [0.05, 0.1) is 38.5 Å². The highest BCUT2D eigenvalue weighted by atomic mass is 15.2. The maximum atomic E-state index is 5.49. The van der Waals surface area contributed by atoms with Crippen LogP contribution in [0.1, 0.15) is 22.3 Å². The van der Waals surface area contributed by atoms with Crippen LogP contribution in [0.4, 0.5) is 0 Å². The largest absolute Gasteiger partial charge is 0.309 e. The smallest absolute Gasteiger partial charge is 0.238 e. The topological polar surface area (TPSA) is 53.5 Å². The monoisotopic (exact) mass is 968 g/mol. The van der Waals surface area contributed by atoms with Crippen molar-refractivity contribution in [3.05, 3.63) is 289 Å². The molecule has 4 aromatic heterocycles. The number of nitrogens with zero attached hydrogens (tertiary/aromatic N) is 6. The summed E-state index contributed by atoms with van der Waals surface area (Å²) in [5.41, 5.74) is 17.0. The van der Waals surface area contributed by atoms with E-state index in [2.05, 4.69) is 244 Å². The summed E-state index contributed by atoms with van der Waals surface area (Å²) in [7, 11) is 0. The molecule has 0 N–H and O–H groups in total. The van der Waals surface area contributed by atoms with Gasteiger partial charge in [0.15, 0.2) is 11.6 Å². The van der Waals surface area contributed by atoms with Crippen molar-refractivity contribution >= 4 is 65.4 Å². The van der Waals surface area contributed by atoms with Crippen LogP contribution in [-0.4, -0.2) is 28.7 Å². The fourth-order valence-corrected chi connectivity index (χ4v) is 12.8. The molecule has 0 spiro atoms. The minimum Gasteiger partial charge on any atom is -0.309 e. The number of benzene rings is 11. The van der Waals surface area contributed by atoms with Crippen LogP contribution in [0.5, 0.6) is 0 Å². The molecule has 16 rings (SSSR count). The molecule has 1 aliphatic carbocycles. The molecule has 0 atom stereocenters. The third kappa shape index (κ3) is 6.01. The summed E-state index contributed by atoms with van der Waals surface area (Å²) in [4.78, 5) is 16.2. The molecule has 0 fully saturated rings. The molecule has 15 aromatic rings. The van der Waals surface area contributed by atoms with Crippen molar-refractivity contribution in [2.24, 2.45) is 0 Å². The Hall–Kier alpha value is -10.2. The van der Waals surface area contributed by atoms with Gasteiger partial charge in [0.2, 0.25) is 5.95 Å². The second-order valence-electron chi connectivity index (χ2n) is 19.9. The summed E-state index contributed by atoms with van der Waals surface area (Å²) in [6, 6.07) is 96.8. The first kappa shape index (κ1) is 42.3. The van der Waals surface area contributed by atoms with Crippen LogP contribution < -0.4 is 0 Å². The lowest BCUT2D eigenvalue weighted by Gasteiger charge is -2.35. The van der Waals surface area contributed by atoms with Gasteiger partial charge in [0.25, 0.3) is 0 Å². The average molecular weight is 969 g/mol. The van der Waals surface area contributed by atoms with Crippen LogP contribution in [-0.2, 0) is 5.41 Å². The molecule has 0 radical (unpaired) electrons. The molecule has 4 heterocycles. The Bertz CT molecular complexity index is 4590. The minimum atomic E-state index is -0.872. The highest BCUT2D eigenvalue weighted by Crippen LogP contribution is 2.60. The van der Waals surface area contributed by atoms with Gasteiger partial charge in [-0.05, 0) is 94.5 Å². The van der Waals surface area contributed by atoms with Crippen LogP contribution >= 0.6 is 0 Å². The standard InChI is InChI=1S/C70H44N6/c1-5-21-45(22-6-1)67-71-68(46-23-7-2-8-24-46)73-69(72-67)76-62-36-20-14-30-52(62)56-40-39-55-51-29-13-17-33-59(51)70(65(55)66(56)76,47-37-41-63-57(43-47)53-31-15-18-34-60(53)74(63)49-25-9-3-10-26-49)48-38-42-64-58(44-48)54-32-16-19-35-61(54)75(64)50-27-11-4-12-28-50/h1-44H. The highest BCUT2D eigenvalue weighted by molar-refractivity contribution is 6.15. The molecular formula is C70H44N6. The summed E-state index contributed by atoms with van der Waals surface area (Å²) in [6.07, 6.45) is 0. The maximum Gasteiger partial charge on any atom is 0.238 e. The second-order valence-corrected chi connectivity index (χ2v) is 19.9. The van der Waals surface area contributed by atoms with E-state index < -0.39 is 5.41 Å². The van der Waals surface area contributed by atoms with Gasteiger partial charge in [0.1, 0.15) is 0 Å². The Morgan fingerprint density at radius 1 is 0.289 bits per heavy atom. The lowest BCUT2D eigenvalue weighted by atomic mass is 9.67. The maximum absolute atomic E-state index is 5.49. The number of fused-ring (bicyclic) bond motifs is 13. The molecule has 11 aromatic carbocycles. The van der Waals surface area contributed by atoms with E-state index in [9.17, 15) is 0 Å². The van der Waals surface area contributed by atoms with Crippen molar-refractivity contribution in [1.82, 2.24) is 28.7 Å². The number of hydrogen-bond donors (Lipinski definition) is 0. The van der Waals surface area contributed by atoms with E-state index in [0.29, 0.717) is 17.6 Å². The quantitative estimate of drug-likeness (QED) is 0.160. The van der Waals surface area contributed by atoms with Gasteiger partial charge in [0, 0.05) is 60.4 Å². The third-order valence-electron chi connectivity index (χ3n) is 16.0. The fourth-order valence-electron chi connectivity index (χ4n) is 12.8. The van der Waals surface area contributed by atoms with E-state index in [1.54, 1.807) is 0 Å². The molecule has 1 aliphatic rings. The molecule has 0 bridgehead atoms. The normalized spacial score (nSPS) is 12.8. The number of aromatic nitrogens is 6. The molecule has 6 heteroatoms. The van der Waals surface area contributed by atoms with Gasteiger partial charge in [-0.15, -0.1) is 0 Å². The fraction of sp³-hybridized carbons (Fsp3) is 0.0143. The van der Waals surface area contributed by atoms with Crippen molar-refractivity contribution in [3.8, 4) is 51.2 Å². The molecule has 354 valence electrons. The van der Waals surface area contributed by atoms with Gasteiger partial charge >= 0.3 is 0 Å². The van der Waals surface area contributed by atoms with Crippen molar-refractivity contribution in [2.75, 3.05) is 0 Å². The van der Waals surface area contributed by atoms with Crippen molar-refractivity contribution in [1.29, 1.82) is 0 Å². The third-order valence-corrected chi connectivity index (χ3v) is 16.0. The molecule has 0 aliphatic heterocycles. The Morgan fingerprint density at radius 2 is 0.711 bits per heavy atom. The second kappa shape index (κ2) is 16.4. The summed E-state index contributed by atoms with van der Waals surface area (Å²) in [6.45, 7) is 0. The average Bonchev–Trinajstić information content (AvgIpc) is 4.22. The zero-order chi connectivity index (χ0) is 49.9. The first-order valence-electron chi connectivity index (χ1n) is 25.9. The Balaban J connectivity index is 1.08. The molecule has 0 saturated carbocycles. The summed E-state index contributed by atoms with van der Waals surface area (Å²) < 4.78 is 7.16.